The van der Waals surface area contributed by atoms with Crippen LogP contribution >= 0.6 is 0 Å². The summed E-state index contributed by atoms with van der Waals surface area (Å²) < 4.78 is 0. The Hall–Kier alpha value is -2.33. The van der Waals surface area contributed by atoms with Crippen molar-refractivity contribution in [3.05, 3.63) is 48.2 Å². The second-order valence-electron chi connectivity index (χ2n) is 5.88. The van der Waals surface area contributed by atoms with E-state index in [0.29, 0.717) is 18.3 Å². The van der Waals surface area contributed by atoms with Crippen molar-refractivity contribution in [3.63, 3.8) is 0 Å². The number of nitrogens with zero attached hydrogens (tertiary/aromatic N) is 1. The Kier molecular flexibility index (Phi) is 3.12. The molecule has 1 saturated carbocycles. The van der Waals surface area contributed by atoms with E-state index in [4.69, 9.17) is 0 Å². The molecule has 0 bridgehead atoms. The van der Waals surface area contributed by atoms with Gasteiger partial charge in [-0.05, 0) is 35.7 Å². The monoisotopic (exact) mass is 294 g/mol. The summed E-state index contributed by atoms with van der Waals surface area (Å²) in [7, 11) is 0. The van der Waals surface area contributed by atoms with Crippen molar-refractivity contribution in [1.82, 2.24) is 9.88 Å². The molecule has 0 saturated heterocycles. The quantitative estimate of drug-likeness (QED) is 0.777. The molecule has 112 valence electrons. The van der Waals surface area contributed by atoms with Crippen LogP contribution in [-0.4, -0.2) is 40.1 Å². The number of hydrogen-bond acceptors (Lipinski definition) is 2. The van der Waals surface area contributed by atoms with E-state index < -0.39 is 0 Å². The van der Waals surface area contributed by atoms with Crippen LogP contribution in [0, 0.1) is 0 Å². The van der Waals surface area contributed by atoms with E-state index in [2.05, 4.69) is 23.2 Å². The topological polar surface area (TPSA) is 56.3 Å². The van der Waals surface area contributed by atoms with Crippen molar-refractivity contribution in [1.29, 1.82) is 0 Å². The predicted octanol–water partition coefficient (Wildman–Crippen LogP) is 2.92. The number of carbonyl (C=O) groups is 1. The number of fused-ring (bicyclic) bond motifs is 3. The molecule has 0 radical (unpaired) electrons. The molecule has 1 aliphatic carbocycles. The molecule has 0 atom stereocenters. The van der Waals surface area contributed by atoms with Gasteiger partial charge in [-0.15, -0.1) is 0 Å². The highest BCUT2D eigenvalue weighted by Gasteiger charge is 2.33. The Bertz CT molecular complexity index is 849. The lowest BCUT2D eigenvalue weighted by Crippen LogP contribution is -2.35. The average Bonchev–Trinajstić information content (AvgIpc) is 3.29. The molecule has 1 fully saturated rings. The van der Waals surface area contributed by atoms with Crippen LogP contribution in [-0.2, 0) is 0 Å². The number of aliphatic hydroxyl groups excluding tert-OH is 1. The zero-order valence-corrected chi connectivity index (χ0v) is 12.2. The van der Waals surface area contributed by atoms with E-state index >= 15 is 0 Å². The average molecular weight is 294 g/mol. The summed E-state index contributed by atoms with van der Waals surface area (Å²) in [6.07, 6.45) is 2.07. The maximum Gasteiger partial charge on any atom is 0.270 e. The van der Waals surface area contributed by atoms with Crippen molar-refractivity contribution in [2.24, 2.45) is 0 Å². The summed E-state index contributed by atoms with van der Waals surface area (Å²) in [5.41, 5.74) is 1.58. The fraction of sp³-hybridized carbons (Fsp3) is 0.278. The highest BCUT2D eigenvalue weighted by atomic mass is 16.3. The molecule has 4 rings (SSSR count). The SMILES string of the molecule is O=C(c1cc2c(ccc3ccccc32)[nH]1)N(CCO)C1CC1. The third kappa shape index (κ3) is 2.16. The van der Waals surface area contributed by atoms with Crippen LogP contribution in [0.1, 0.15) is 23.3 Å². The standard InChI is InChI=1S/C18H18N2O2/c21-10-9-20(13-6-7-13)18(22)17-11-15-14-4-2-1-3-12(14)5-8-16(15)19-17/h1-5,8,11,13,19,21H,6-7,9-10H2. The number of aliphatic hydroxyl groups is 1. The number of amides is 1. The fourth-order valence-electron chi connectivity index (χ4n) is 3.10. The molecule has 1 heterocycles. The van der Waals surface area contributed by atoms with Gasteiger partial charge in [0, 0.05) is 23.5 Å². The fourth-order valence-corrected chi connectivity index (χ4v) is 3.10. The van der Waals surface area contributed by atoms with Gasteiger partial charge in [0.15, 0.2) is 0 Å². The van der Waals surface area contributed by atoms with Gasteiger partial charge in [0.05, 0.1) is 6.61 Å². The van der Waals surface area contributed by atoms with Gasteiger partial charge in [-0.2, -0.15) is 0 Å². The van der Waals surface area contributed by atoms with Gasteiger partial charge in [-0.3, -0.25) is 4.79 Å². The molecule has 0 aliphatic heterocycles. The predicted molar refractivity (Wildman–Crippen MR) is 86.9 cm³/mol. The Morgan fingerprint density at radius 2 is 2.00 bits per heavy atom. The zero-order valence-electron chi connectivity index (χ0n) is 12.2. The molecule has 1 aliphatic rings. The Morgan fingerprint density at radius 3 is 2.77 bits per heavy atom. The second kappa shape index (κ2) is 5.14. The number of aromatic amines is 1. The molecular formula is C18H18N2O2. The molecule has 2 N–H and O–H groups in total. The van der Waals surface area contributed by atoms with Crippen LogP contribution in [0.25, 0.3) is 21.7 Å². The Labute approximate surface area is 128 Å². The van der Waals surface area contributed by atoms with Gasteiger partial charge < -0.3 is 15.0 Å². The maximum absolute atomic E-state index is 12.7. The van der Waals surface area contributed by atoms with Crippen LogP contribution < -0.4 is 0 Å². The minimum absolute atomic E-state index is 0.00536. The largest absolute Gasteiger partial charge is 0.395 e. The van der Waals surface area contributed by atoms with E-state index in [1.54, 1.807) is 4.90 Å². The van der Waals surface area contributed by atoms with Gasteiger partial charge in [-0.25, -0.2) is 0 Å². The molecule has 4 nitrogen and oxygen atoms in total. The summed E-state index contributed by atoms with van der Waals surface area (Å²) >= 11 is 0. The number of benzene rings is 2. The van der Waals surface area contributed by atoms with E-state index in [1.165, 1.54) is 5.39 Å². The molecule has 0 unspecified atom stereocenters. The summed E-state index contributed by atoms with van der Waals surface area (Å²) in [6, 6.07) is 14.5. The van der Waals surface area contributed by atoms with Crippen molar-refractivity contribution < 1.29 is 9.90 Å². The van der Waals surface area contributed by atoms with Gasteiger partial charge >= 0.3 is 0 Å². The number of nitrogens with one attached hydrogen (secondary N) is 1. The summed E-state index contributed by atoms with van der Waals surface area (Å²) in [5.74, 6) is -0.0168. The van der Waals surface area contributed by atoms with Crippen LogP contribution in [0.3, 0.4) is 0 Å². The number of hydrogen-bond donors (Lipinski definition) is 2. The van der Waals surface area contributed by atoms with E-state index in [-0.39, 0.29) is 12.5 Å². The van der Waals surface area contributed by atoms with E-state index in [0.717, 1.165) is 29.1 Å². The first-order valence-corrected chi connectivity index (χ1v) is 7.70. The third-order valence-corrected chi connectivity index (χ3v) is 4.35. The summed E-state index contributed by atoms with van der Waals surface area (Å²) in [5, 5.41) is 12.6. The number of rotatable bonds is 4. The van der Waals surface area contributed by atoms with Gasteiger partial charge in [0.25, 0.3) is 5.91 Å². The minimum atomic E-state index is -0.0168. The zero-order chi connectivity index (χ0) is 15.1. The van der Waals surface area contributed by atoms with Crippen molar-refractivity contribution in [2.45, 2.75) is 18.9 Å². The van der Waals surface area contributed by atoms with Crippen LogP contribution in [0.5, 0.6) is 0 Å². The van der Waals surface area contributed by atoms with Crippen LogP contribution in [0.2, 0.25) is 0 Å². The third-order valence-electron chi connectivity index (χ3n) is 4.35. The molecule has 2 aromatic carbocycles. The van der Waals surface area contributed by atoms with Crippen molar-refractivity contribution >= 4 is 27.6 Å². The van der Waals surface area contributed by atoms with E-state index in [9.17, 15) is 9.90 Å². The molecular weight excluding hydrogens is 276 g/mol. The summed E-state index contributed by atoms with van der Waals surface area (Å²) in [4.78, 5) is 17.7. The first-order valence-electron chi connectivity index (χ1n) is 7.70. The first-order chi connectivity index (χ1) is 10.8. The van der Waals surface area contributed by atoms with Crippen LogP contribution in [0.4, 0.5) is 0 Å². The van der Waals surface area contributed by atoms with Gasteiger partial charge in [-0.1, -0.05) is 30.3 Å². The molecule has 0 spiro atoms. The number of carbonyl (C=O) groups excluding carboxylic acids is 1. The lowest BCUT2D eigenvalue weighted by Gasteiger charge is -2.20. The molecule has 4 heteroatoms. The normalized spacial score (nSPS) is 14.6. The highest BCUT2D eigenvalue weighted by Crippen LogP contribution is 2.30. The molecule has 3 aromatic rings. The lowest BCUT2D eigenvalue weighted by molar-refractivity contribution is 0.0702. The van der Waals surface area contributed by atoms with E-state index in [1.807, 2.05) is 24.3 Å². The molecule has 1 amide bonds. The summed E-state index contributed by atoms with van der Waals surface area (Å²) in [6.45, 7) is 0.408. The number of H-pyrrole nitrogens is 1. The van der Waals surface area contributed by atoms with Gasteiger partial charge in [0.2, 0.25) is 0 Å². The minimum Gasteiger partial charge on any atom is -0.395 e. The van der Waals surface area contributed by atoms with Crippen molar-refractivity contribution in [3.8, 4) is 0 Å². The lowest BCUT2D eigenvalue weighted by atomic mass is 10.1. The molecule has 1 aromatic heterocycles. The first kappa shape index (κ1) is 13.3. The number of aromatic nitrogens is 1. The smallest absolute Gasteiger partial charge is 0.270 e. The highest BCUT2D eigenvalue weighted by molar-refractivity contribution is 6.09. The van der Waals surface area contributed by atoms with Gasteiger partial charge in [0.1, 0.15) is 5.69 Å². The van der Waals surface area contributed by atoms with Crippen molar-refractivity contribution in [2.75, 3.05) is 13.2 Å². The maximum atomic E-state index is 12.7. The Morgan fingerprint density at radius 1 is 1.18 bits per heavy atom. The molecule has 22 heavy (non-hydrogen) atoms. The Balaban J connectivity index is 1.78. The second-order valence-corrected chi connectivity index (χ2v) is 5.88. The van der Waals surface area contributed by atoms with Crippen LogP contribution in [0.15, 0.2) is 42.5 Å².